The molecule has 18 heavy (non-hydrogen) atoms. The highest BCUT2D eigenvalue weighted by atomic mass is 35.5. The lowest BCUT2D eigenvalue weighted by Crippen LogP contribution is -2.29. The maximum atomic E-state index is 11.7. The molecule has 1 aromatic rings. The van der Waals surface area contributed by atoms with Gasteiger partial charge in [-0.3, -0.25) is 4.79 Å². The summed E-state index contributed by atoms with van der Waals surface area (Å²) < 4.78 is 0. The van der Waals surface area contributed by atoms with Crippen LogP contribution in [0.25, 0.3) is 0 Å². The van der Waals surface area contributed by atoms with E-state index in [1.807, 2.05) is 7.05 Å². The summed E-state index contributed by atoms with van der Waals surface area (Å²) in [6.07, 6.45) is 0.440. The number of nitrogens with one attached hydrogen (secondary N) is 1. The van der Waals surface area contributed by atoms with Gasteiger partial charge >= 0.3 is 0 Å². The fraction of sp³-hybridized carbons (Fsp3) is 0.462. The Kier molecular flexibility index (Phi) is 5.44. The number of anilines is 2. The number of halogens is 1. The molecule has 0 aromatic heterocycles. The van der Waals surface area contributed by atoms with E-state index in [4.69, 9.17) is 17.3 Å². The number of carbonyl (C=O) groups excluding carboxylic acids is 1. The van der Waals surface area contributed by atoms with Crippen LogP contribution in [0.15, 0.2) is 18.2 Å². The normalized spacial score (nSPS) is 11.0. The van der Waals surface area contributed by atoms with Gasteiger partial charge in [0.05, 0.1) is 10.7 Å². The Hall–Kier alpha value is -1.26. The molecule has 0 aliphatic rings. The summed E-state index contributed by atoms with van der Waals surface area (Å²) in [6, 6.07) is 5.47. The first-order valence-electron chi connectivity index (χ1n) is 5.95. The van der Waals surface area contributed by atoms with E-state index >= 15 is 0 Å². The molecular weight excluding hydrogens is 250 g/mol. The first-order chi connectivity index (χ1) is 8.40. The topological polar surface area (TPSA) is 58.4 Å². The van der Waals surface area contributed by atoms with Crippen LogP contribution in [0.1, 0.15) is 20.3 Å². The highest BCUT2D eigenvalue weighted by molar-refractivity contribution is 6.34. The van der Waals surface area contributed by atoms with Crippen molar-refractivity contribution in [1.82, 2.24) is 4.90 Å². The lowest BCUT2D eigenvalue weighted by molar-refractivity contribution is -0.116. The molecule has 0 heterocycles. The molecule has 0 bridgehead atoms. The number of benzene rings is 1. The third-order valence-electron chi connectivity index (χ3n) is 2.84. The monoisotopic (exact) mass is 269 g/mol. The van der Waals surface area contributed by atoms with E-state index in [0.29, 0.717) is 28.9 Å². The minimum Gasteiger partial charge on any atom is -0.399 e. The van der Waals surface area contributed by atoms with Gasteiger partial charge in [-0.05, 0) is 39.1 Å². The van der Waals surface area contributed by atoms with Crippen LogP contribution in [-0.4, -0.2) is 30.4 Å². The van der Waals surface area contributed by atoms with E-state index in [1.54, 1.807) is 18.2 Å². The van der Waals surface area contributed by atoms with Crippen LogP contribution in [0.5, 0.6) is 0 Å². The molecule has 1 aromatic carbocycles. The molecule has 1 rings (SSSR count). The van der Waals surface area contributed by atoms with E-state index in [0.717, 1.165) is 6.54 Å². The van der Waals surface area contributed by atoms with Gasteiger partial charge in [0.2, 0.25) is 5.91 Å². The van der Waals surface area contributed by atoms with Crippen molar-refractivity contribution in [2.24, 2.45) is 0 Å². The van der Waals surface area contributed by atoms with E-state index in [9.17, 15) is 4.79 Å². The quantitative estimate of drug-likeness (QED) is 0.808. The molecule has 0 atom stereocenters. The van der Waals surface area contributed by atoms with Gasteiger partial charge < -0.3 is 16.0 Å². The fourth-order valence-corrected chi connectivity index (χ4v) is 1.62. The second-order valence-corrected chi connectivity index (χ2v) is 5.02. The molecule has 3 N–H and O–H groups in total. The molecule has 0 aliphatic heterocycles. The second-order valence-electron chi connectivity index (χ2n) is 4.61. The van der Waals surface area contributed by atoms with Gasteiger partial charge in [0, 0.05) is 24.7 Å². The predicted octanol–water partition coefficient (Wildman–Crippen LogP) is 2.59. The number of hydrogen-bond acceptors (Lipinski definition) is 3. The van der Waals surface area contributed by atoms with Crippen molar-refractivity contribution in [3.8, 4) is 0 Å². The summed E-state index contributed by atoms with van der Waals surface area (Å²) in [5.74, 6) is -0.0471. The van der Waals surface area contributed by atoms with Crippen molar-refractivity contribution in [1.29, 1.82) is 0 Å². The number of nitrogen functional groups attached to an aromatic ring is 1. The van der Waals surface area contributed by atoms with Gasteiger partial charge in [-0.15, -0.1) is 0 Å². The molecule has 4 nitrogen and oxygen atoms in total. The zero-order valence-corrected chi connectivity index (χ0v) is 11.8. The fourth-order valence-electron chi connectivity index (χ4n) is 1.38. The molecule has 0 saturated carbocycles. The van der Waals surface area contributed by atoms with E-state index < -0.39 is 0 Å². The molecular formula is C13H20ClN3O. The molecule has 0 spiro atoms. The zero-order chi connectivity index (χ0) is 13.7. The van der Waals surface area contributed by atoms with Crippen molar-refractivity contribution in [3.05, 3.63) is 23.2 Å². The zero-order valence-electron chi connectivity index (χ0n) is 11.0. The molecule has 0 radical (unpaired) electrons. The van der Waals surface area contributed by atoms with Crippen LogP contribution >= 0.6 is 11.6 Å². The van der Waals surface area contributed by atoms with Crippen LogP contribution in [0.3, 0.4) is 0 Å². The Bertz CT molecular complexity index is 421. The molecule has 0 fully saturated rings. The lowest BCUT2D eigenvalue weighted by atomic mass is 10.2. The Labute approximate surface area is 113 Å². The highest BCUT2D eigenvalue weighted by Crippen LogP contribution is 2.24. The Balaban J connectivity index is 2.50. The van der Waals surface area contributed by atoms with Gasteiger partial charge in [0.25, 0.3) is 0 Å². The van der Waals surface area contributed by atoms with Gasteiger partial charge in [-0.1, -0.05) is 11.6 Å². The third kappa shape index (κ3) is 4.55. The second kappa shape index (κ2) is 6.61. The van der Waals surface area contributed by atoms with Crippen LogP contribution < -0.4 is 11.1 Å². The number of nitrogens with zero attached hydrogens (tertiary/aromatic N) is 1. The standard InChI is InChI=1S/C13H20ClN3O/c1-9(2)17(3)7-6-13(18)16-12-5-4-10(15)8-11(12)14/h4-5,8-9H,6-7,15H2,1-3H3,(H,16,18). The maximum absolute atomic E-state index is 11.7. The molecule has 1 amide bonds. The predicted molar refractivity (Wildman–Crippen MR) is 76.9 cm³/mol. The minimum absolute atomic E-state index is 0.0471. The van der Waals surface area contributed by atoms with E-state index in [2.05, 4.69) is 24.1 Å². The van der Waals surface area contributed by atoms with E-state index in [1.165, 1.54) is 0 Å². The van der Waals surface area contributed by atoms with E-state index in [-0.39, 0.29) is 5.91 Å². The molecule has 5 heteroatoms. The van der Waals surface area contributed by atoms with Crippen LogP contribution in [0, 0.1) is 0 Å². The molecule has 0 aliphatic carbocycles. The first-order valence-corrected chi connectivity index (χ1v) is 6.33. The number of rotatable bonds is 5. The summed E-state index contributed by atoms with van der Waals surface area (Å²) in [5, 5.41) is 3.24. The van der Waals surface area contributed by atoms with Crippen molar-refractivity contribution >= 4 is 28.9 Å². The summed E-state index contributed by atoms with van der Waals surface area (Å²) in [7, 11) is 1.99. The van der Waals surface area contributed by atoms with Crippen molar-refractivity contribution < 1.29 is 4.79 Å². The average Bonchev–Trinajstić information content (AvgIpc) is 2.29. The highest BCUT2D eigenvalue weighted by Gasteiger charge is 2.09. The smallest absolute Gasteiger partial charge is 0.225 e. The van der Waals surface area contributed by atoms with Crippen LogP contribution in [0.4, 0.5) is 11.4 Å². The summed E-state index contributed by atoms with van der Waals surface area (Å²) in [4.78, 5) is 13.9. The number of nitrogens with two attached hydrogens (primary N) is 1. The lowest BCUT2D eigenvalue weighted by Gasteiger charge is -2.20. The maximum Gasteiger partial charge on any atom is 0.225 e. The SMILES string of the molecule is CC(C)N(C)CCC(=O)Nc1ccc(N)cc1Cl. The number of amides is 1. The van der Waals surface area contributed by atoms with Crippen molar-refractivity contribution in [2.45, 2.75) is 26.3 Å². The van der Waals surface area contributed by atoms with Crippen LogP contribution in [0.2, 0.25) is 5.02 Å². The van der Waals surface area contributed by atoms with Crippen LogP contribution in [-0.2, 0) is 4.79 Å². The van der Waals surface area contributed by atoms with Gasteiger partial charge in [0.1, 0.15) is 0 Å². The average molecular weight is 270 g/mol. The number of hydrogen-bond donors (Lipinski definition) is 2. The van der Waals surface area contributed by atoms with Crippen molar-refractivity contribution in [2.75, 3.05) is 24.6 Å². The third-order valence-corrected chi connectivity index (χ3v) is 3.15. The van der Waals surface area contributed by atoms with Gasteiger partial charge in [0.15, 0.2) is 0 Å². The number of carbonyl (C=O) groups is 1. The summed E-state index contributed by atoms with van der Waals surface area (Å²) >= 11 is 5.98. The van der Waals surface area contributed by atoms with Crippen molar-refractivity contribution in [3.63, 3.8) is 0 Å². The minimum atomic E-state index is -0.0471. The summed E-state index contributed by atoms with van der Waals surface area (Å²) in [6.45, 7) is 4.90. The summed E-state index contributed by atoms with van der Waals surface area (Å²) in [5.41, 5.74) is 6.77. The molecule has 100 valence electrons. The Morgan fingerprint density at radius 1 is 1.50 bits per heavy atom. The molecule has 0 saturated heterocycles. The van der Waals surface area contributed by atoms with Gasteiger partial charge in [-0.2, -0.15) is 0 Å². The molecule has 0 unspecified atom stereocenters. The Morgan fingerprint density at radius 3 is 2.72 bits per heavy atom. The first kappa shape index (κ1) is 14.8. The largest absolute Gasteiger partial charge is 0.399 e. The Morgan fingerprint density at radius 2 is 2.17 bits per heavy atom. The van der Waals surface area contributed by atoms with Gasteiger partial charge in [-0.25, -0.2) is 0 Å².